The molecular formula is C28H32O2. The van der Waals surface area contributed by atoms with Gasteiger partial charge in [0.2, 0.25) is 0 Å². The van der Waals surface area contributed by atoms with Crippen molar-refractivity contribution < 1.29 is 9.90 Å². The molecule has 0 heterocycles. The van der Waals surface area contributed by atoms with Crippen molar-refractivity contribution in [1.82, 2.24) is 0 Å². The zero-order valence-corrected chi connectivity index (χ0v) is 19.7. The van der Waals surface area contributed by atoms with Gasteiger partial charge in [0.15, 0.2) is 0 Å². The van der Waals surface area contributed by atoms with E-state index in [1.165, 1.54) is 50.1 Å². The van der Waals surface area contributed by atoms with Crippen LogP contribution in [0.15, 0.2) is 24.3 Å². The molecule has 0 radical (unpaired) electrons. The highest BCUT2D eigenvalue weighted by molar-refractivity contribution is 5.93. The summed E-state index contributed by atoms with van der Waals surface area (Å²) in [4.78, 5) is 11.7. The minimum Gasteiger partial charge on any atom is -0.478 e. The van der Waals surface area contributed by atoms with Crippen LogP contribution >= 0.6 is 0 Å². The number of carboxylic acids is 1. The fraction of sp³-hybridized carbons (Fsp3) is 0.321. The lowest BCUT2D eigenvalue weighted by atomic mass is 9.80. The third kappa shape index (κ3) is 3.45. The second-order valence-electron chi connectivity index (χ2n) is 8.83. The number of benzene rings is 3. The standard InChI is InChI=1S/C28H32O2/c1-14-10-15(2)24(16(3)11-14)26-17(4)12-18(5)27(22(26)9)25-19(6)13-23(28(29)30)20(7)21(25)8/h10-13H,1-9H3,(H,29,30). The Balaban J connectivity index is 2.43. The van der Waals surface area contributed by atoms with E-state index in [0.717, 1.165) is 22.3 Å². The van der Waals surface area contributed by atoms with E-state index in [1.54, 1.807) is 0 Å². The molecule has 156 valence electrons. The Kier molecular flexibility index (Phi) is 5.64. The Labute approximate surface area is 180 Å². The molecule has 0 aliphatic heterocycles. The van der Waals surface area contributed by atoms with Crippen molar-refractivity contribution >= 4 is 5.97 Å². The van der Waals surface area contributed by atoms with Crippen LogP contribution in [-0.2, 0) is 0 Å². The molecule has 3 aromatic carbocycles. The molecule has 30 heavy (non-hydrogen) atoms. The normalized spacial score (nSPS) is 11.1. The maximum atomic E-state index is 11.7. The minimum absolute atomic E-state index is 0.390. The van der Waals surface area contributed by atoms with E-state index in [1.807, 2.05) is 26.8 Å². The van der Waals surface area contributed by atoms with Gasteiger partial charge in [-0.15, -0.1) is 0 Å². The van der Waals surface area contributed by atoms with E-state index in [0.29, 0.717) is 5.56 Å². The van der Waals surface area contributed by atoms with Gasteiger partial charge in [0.05, 0.1) is 5.56 Å². The van der Waals surface area contributed by atoms with Crippen LogP contribution in [0.2, 0.25) is 0 Å². The molecule has 0 aliphatic rings. The van der Waals surface area contributed by atoms with Gasteiger partial charge in [-0.25, -0.2) is 4.79 Å². The fourth-order valence-corrected chi connectivity index (χ4v) is 5.22. The Hall–Kier alpha value is -2.87. The average molecular weight is 401 g/mol. The summed E-state index contributed by atoms with van der Waals surface area (Å²) in [5.74, 6) is -0.866. The lowest BCUT2D eigenvalue weighted by molar-refractivity contribution is 0.0696. The van der Waals surface area contributed by atoms with Crippen LogP contribution in [0, 0.1) is 62.3 Å². The summed E-state index contributed by atoms with van der Waals surface area (Å²) in [6.07, 6.45) is 0. The molecule has 0 atom stereocenters. The van der Waals surface area contributed by atoms with E-state index < -0.39 is 5.97 Å². The van der Waals surface area contributed by atoms with Crippen molar-refractivity contribution in [3.05, 3.63) is 79.9 Å². The highest BCUT2D eigenvalue weighted by atomic mass is 16.4. The smallest absolute Gasteiger partial charge is 0.335 e. The topological polar surface area (TPSA) is 37.3 Å². The third-order valence-corrected chi connectivity index (χ3v) is 6.48. The number of rotatable bonds is 3. The van der Waals surface area contributed by atoms with E-state index >= 15 is 0 Å². The summed E-state index contributed by atoms with van der Waals surface area (Å²) < 4.78 is 0. The zero-order valence-electron chi connectivity index (χ0n) is 19.7. The zero-order chi connectivity index (χ0) is 22.5. The molecule has 0 bridgehead atoms. The van der Waals surface area contributed by atoms with Crippen molar-refractivity contribution in [3.63, 3.8) is 0 Å². The van der Waals surface area contributed by atoms with Gasteiger partial charge in [-0.2, -0.15) is 0 Å². The predicted molar refractivity (Wildman–Crippen MR) is 127 cm³/mol. The second kappa shape index (κ2) is 7.75. The number of carboxylic acid groups (broad SMARTS) is 1. The quantitative estimate of drug-likeness (QED) is 0.494. The lowest BCUT2D eigenvalue weighted by Crippen LogP contribution is -2.06. The van der Waals surface area contributed by atoms with E-state index in [-0.39, 0.29) is 0 Å². The number of aryl methyl sites for hydroxylation is 6. The molecule has 0 saturated heterocycles. The lowest BCUT2D eigenvalue weighted by Gasteiger charge is -2.24. The van der Waals surface area contributed by atoms with Crippen molar-refractivity contribution in [1.29, 1.82) is 0 Å². The SMILES string of the molecule is Cc1cc(C)c(-c2c(C)cc(C)c(-c3c(C)cc(C(=O)O)c(C)c3C)c2C)c(C)c1. The Morgan fingerprint density at radius 2 is 0.933 bits per heavy atom. The highest BCUT2D eigenvalue weighted by Crippen LogP contribution is 2.42. The number of carbonyl (C=O) groups is 1. The molecule has 0 spiro atoms. The fourth-order valence-electron chi connectivity index (χ4n) is 5.22. The summed E-state index contributed by atoms with van der Waals surface area (Å²) in [5.41, 5.74) is 15.9. The van der Waals surface area contributed by atoms with Crippen molar-refractivity contribution in [2.45, 2.75) is 62.3 Å². The molecule has 0 aromatic heterocycles. The maximum absolute atomic E-state index is 11.7. The molecule has 2 nitrogen and oxygen atoms in total. The summed E-state index contributed by atoms with van der Waals surface area (Å²) in [7, 11) is 0. The first-order valence-electron chi connectivity index (χ1n) is 10.5. The van der Waals surface area contributed by atoms with E-state index in [9.17, 15) is 9.90 Å². The first kappa shape index (κ1) is 21.8. The molecule has 2 heteroatoms. The Morgan fingerprint density at radius 1 is 0.533 bits per heavy atom. The summed E-state index contributed by atoms with van der Waals surface area (Å²) in [6, 6.07) is 8.60. The van der Waals surface area contributed by atoms with E-state index in [4.69, 9.17) is 0 Å². The van der Waals surface area contributed by atoms with Crippen molar-refractivity contribution in [3.8, 4) is 22.3 Å². The van der Waals surface area contributed by atoms with E-state index in [2.05, 4.69) is 59.7 Å². The average Bonchev–Trinajstić information content (AvgIpc) is 2.62. The van der Waals surface area contributed by atoms with Gasteiger partial charge in [-0.3, -0.25) is 0 Å². The first-order valence-corrected chi connectivity index (χ1v) is 10.5. The van der Waals surface area contributed by atoms with Crippen LogP contribution < -0.4 is 0 Å². The summed E-state index contributed by atoms with van der Waals surface area (Å²) in [5, 5.41) is 9.60. The number of aromatic carboxylic acids is 1. The van der Waals surface area contributed by atoms with Crippen LogP contribution in [-0.4, -0.2) is 11.1 Å². The van der Waals surface area contributed by atoms with Crippen LogP contribution in [0.3, 0.4) is 0 Å². The number of hydrogen-bond acceptors (Lipinski definition) is 1. The van der Waals surface area contributed by atoms with Crippen molar-refractivity contribution in [2.24, 2.45) is 0 Å². The summed E-state index contributed by atoms with van der Waals surface area (Å²) >= 11 is 0. The van der Waals surface area contributed by atoms with Gasteiger partial charge >= 0.3 is 5.97 Å². The molecule has 0 aliphatic carbocycles. The molecule has 0 unspecified atom stereocenters. The van der Waals surface area contributed by atoms with Crippen LogP contribution in [0.5, 0.6) is 0 Å². The first-order chi connectivity index (χ1) is 14.0. The maximum Gasteiger partial charge on any atom is 0.335 e. The molecule has 0 fully saturated rings. The van der Waals surface area contributed by atoms with Gasteiger partial charge in [0, 0.05) is 0 Å². The van der Waals surface area contributed by atoms with Crippen LogP contribution in [0.25, 0.3) is 22.3 Å². The van der Waals surface area contributed by atoms with Crippen LogP contribution in [0.4, 0.5) is 0 Å². The molecular weight excluding hydrogens is 368 g/mol. The van der Waals surface area contributed by atoms with Crippen molar-refractivity contribution in [2.75, 3.05) is 0 Å². The molecule has 1 N–H and O–H groups in total. The highest BCUT2D eigenvalue weighted by Gasteiger charge is 2.22. The van der Waals surface area contributed by atoms with Gasteiger partial charge in [-0.1, -0.05) is 23.8 Å². The van der Waals surface area contributed by atoms with Gasteiger partial charge in [0.1, 0.15) is 0 Å². The predicted octanol–water partition coefficient (Wildman–Crippen LogP) is 7.49. The molecule has 0 amide bonds. The second-order valence-corrected chi connectivity index (χ2v) is 8.83. The monoisotopic (exact) mass is 400 g/mol. The Morgan fingerprint density at radius 3 is 1.43 bits per heavy atom. The van der Waals surface area contributed by atoms with Gasteiger partial charge in [0.25, 0.3) is 0 Å². The van der Waals surface area contributed by atoms with Gasteiger partial charge < -0.3 is 5.11 Å². The molecule has 0 saturated carbocycles. The number of hydrogen-bond donors (Lipinski definition) is 1. The van der Waals surface area contributed by atoms with Gasteiger partial charge in [-0.05, 0) is 135 Å². The summed E-state index contributed by atoms with van der Waals surface area (Å²) in [6.45, 7) is 19.1. The molecule has 3 aromatic rings. The largest absolute Gasteiger partial charge is 0.478 e. The van der Waals surface area contributed by atoms with Crippen LogP contribution in [0.1, 0.15) is 60.4 Å². The molecule has 3 rings (SSSR count). The third-order valence-electron chi connectivity index (χ3n) is 6.48. The Bertz CT molecular complexity index is 1170. The minimum atomic E-state index is -0.866.